The summed E-state index contributed by atoms with van der Waals surface area (Å²) in [6.07, 6.45) is 1.37. The third-order valence-corrected chi connectivity index (χ3v) is 3.72. The molecule has 3 rings (SSSR count). The molecule has 26 heavy (non-hydrogen) atoms. The summed E-state index contributed by atoms with van der Waals surface area (Å²) >= 11 is 0. The SMILES string of the molecule is Cc1ccccc1C(=O)N/N=C/c1ccc(-c2cccc([N+](=O)[O-])c2)o1. The fourth-order valence-electron chi connectivity index (χ4n) is 2.39. The molecule has 1 aromatic heterocycles. The predicted molar refractivity (Wildman–Crippen MR) is 97.0 cm³/mol. The molecule has 0 bridgehead atoms. The molecule has 7 heteroatoms. The lowest BCUT2D eigenvalue weighted by atomic mass is 10.1. The zero-order valence-corrected chi connectivity index (χ0v) is 13.9. The van der Waals surface area contributed by atoms with Crippen LogP contribution in [0.1, 0.15) is 21.7 Å². The summed E-state index contributed by atoms with van der Waals surface area (Å²) in [6, 6.07) is 16.7. The number of hydrogen-bond donors (Lipinski definition) is 1. The highest BCUT2D eigenvalue weighted by Gasteiger charge is 2.10. The van der Waals surface area contributed by atoms with Gasteiger partial charge < -0.3 is 4.42 Å². The van der Waals surface area contributed by atoms with E-state index in [1.807, 2.05) is 19.1 Å². The Hall–Kier alpha value is -3.74. The van der Waals surface area contributed by atoms with Crippen LogP contribution in [0.25, 0.3) is 11.3 Å². The summed E-state index contributed by atoms with van der Waals surface area (Å²) in [4.78, 5) is 22.5. The Morgan fingerprint density at radius 1 is 1.15 bits per heavy atom. The van der Waals surface area contributed by atoms with Crippen LogP contribution in [-0.2, 0) is 0 Å². The van der Waals surface area contributed by atoms with Crippen LogP contribution in [0.2, 0.25) is 0 Å². The fraction of sp³-hybridized carbons (Fsp3) is 0.0526. The third-order valence-electron chi connectivity index (χ3n) is 3.72. The molecule has 2 aromatic carbocycles. The van der Waals surface area contributed by atoms with Crippen LogP contribution in [0, 0.1) is 17.0 Å². The minimum atomic E-state index is -0.462. The lowest BCUT2D eigenvalue weighted by Gasteiger charge is -2.02. The summed E-state index contributed by atoms with van der Waals surface area (Å²) in [5.41, 5.74) is 4.41. The van der Waals surface area contributed by atoms with Gasteiger partial charge in [-0.25, -0.2) is 5.43 Å². The van der Waals surface area contributed by atoms with Gasteiger partial charge in [-0.05, 0) is 30.7 Å². The molecular formula is C19H15N3O4. The maximum absolute atomic E-state index is 12.1. The topological polar surface area (TPSA) is 97.7 Å². The number of rotatable bonds is 5. The number of amides is 1. The van der Waals surface area contributed by atoms with E-state index >= 15 is 0 Å². The zero-order valence-electron chi connectivity index (χ0n) is 13.9. The Labute approximate surface area is 149 Å². The van der Waals surface area contributed by atoms with Gasteiger partial charge in [-0.1, -0.05) is 30.3 Å². The Morgan fingerprint density at radius 3 is 2.73 bits per heavy atom. The van der Waals surface area contributed by atoms with Crippen molar-refractivity contribution in [2.24, 2.45) is 5.10 Å². The van der Waals surface area contributed by atoms with Gasteiger partial charge in [0, 0.05) is 23.3 Å². The Morgan fingerprint density at radius 2 is 1.96 bits per heavy atom. The molecule has 0 spiro atoms. The van der Waals surface area contributed by atoms with E-state index < -0.39 is 4.92 Å². The number of non-ortho nitro benzene ring substituents is 1. The zero-order chi connectivity index (χ0) is 18.5. The Bertz CT molecular complexity index is 992. The van der Waals surface area contributed by atoms with Crippen LogP contribution in [0.3, 0.4) is 0 Å². The maximum Gasteiger partial charge on any atom is 0.271 e. The lowest BCUT2D eigenvalue weighted by molar-refractivity contribution is -0.384. The van der Waals surface area contributed by atoms with Crippen molar-refractivity contribution in [1.29, 1.82) is 0 Å². The highest BCUT2D eigenvalue weighted by molar-refractivity contribution is 5.96. The number of aryl methyl sites for hydroxylation is 1. The minimum Gasteiger partial charge on any atom is -0.455 e. The molecule has 0 saturated carbocycles. The first-order valence-corrected chi connectivity index (χ1v) is 7.78. The van der Waals surface area contributed by atoms with Crippen molar-refractivity contribution < 1.29 is 14.1 Å². The van der Waals surface area contributed by atoms with E-state index in [2.05, 4.69) is 10.5 Å². The number of hydrogen-bond acceptors (Lipinski definition) is 5. The average Bonchev–Trinajstić information content (AvgIpc) is 3.11. The number of nitrogens with zero attached hydrogens (tertiary/aromatic N) is 2. The van der Waals surface area contributed by atoms with Crippen LogP contribution in [0.5, 0.6) is 0 Å². The van der Waals surface area contributed by atoms with Gasteiger partial charge in [0.15, 0.2) is 0 Å². The molecule has 0 saturated heterocycles. The van der Waals surface area contributed by atoms with E-state index in [1.165, 1.54) is 18.3 Å². The number of nitrogens with one attached hydrogen (secondary N) is 1. The summed E-state index contributed by atoms with van der Waals surface area (Å²) in [5.74, 6) is 0.571. The van der Waals surface area contributed by atoms with E-state index in [-0.39, 0.29) is 11.6 Å². The Kier molecular flexibility index (Phi) is 4.89. The molecule has 130 valence electrons. The number of furan rings is 1. The highest BCUT2D eigenvalue weighted by Crippen LogP contribution is 2.25. The van der Waals surface area contributed by atoms with E-state index in [9.17, 15) is 14.9 Å². The van der Waals surface area contributed by atoms with Crippen molar-refractivity contribution in [3.63, 3.8) is 0 Å². The molecule has 0 fully saturated rings. The van der Waals surface area contributed by atoms with E-state index in [0.717, 1.165) is 5.56 Å². The summed E-state index contributed by atoms with van der Waals surface area (Å²) < 4.78 is 5.59. The standard InChI is InChI=1S/C19H15N3O4/c1-13-5-2-3-8-17(13)19(23)21-20-12-16-9-10-18(26-16)14-6-4-7-15(11-14)22(24)25/h2-12H,1H3,(H,21,23)/b20-12+. The van der Waals surface area contributed by atoms with Crippen molar-refractivity contribution in [2.45, 2.75) is 6.92 Å². The Balaban J connectivity index is 1.70. The molecule has 0 unspecified atom stereocenters. The summed E-state index contributed by atoms with van der Waals surface area (Å²) in [6.45, 7) is 1.84. The van der Waals surface area contributed by atoms with Crippen LogP contribution in [0.4, 0.5) is 5.69 Å². The minimum absolute atomic E-state index is 0.0142. The van der Waals surface area contributed by atoms with Gasteiger partial charge >= 0.3 is 0 Å². The van der Waals surface area contributed by atoms with Crippen LogP contribution in [0.15, 0.2) is 70.2 Å². The number of hydrazone groups is 1. The van der Waals surface area contributed by atoms with Crippen molar-refractivity contribution in [3.05, 3.63) is 87.7 Å². The first kappa shape index (κ1) is 17.1. The number of nitro benzene ring substituents is 1. The largest absolute Gasteiger partial charge is 0.455 e. The molecule has 0 radical (unpaired) electrons. The lowest BCUT2D eigenvalue weighted by Crippen LogP contribution is -2.18. The molecule has 3 aromatic rings. The average molecular weight is 349 g/mol. The van der Waals surface area contributed by atoms with Gasteiger partial charge in [0.05, 0.1) is 11.1 Å². The highest BCUT2D eigenvalue weighted by atomic mass is 16.6. The number of benzene rings is 2. The van der Waals surface area contributed by atoms with Gasteiger partial charge in [-0.2, -0.15) is 5.10 Å². The van der Waals surface area contributed by atoms with Crippen molar-refractivity contribution in [2.75, 3.05) is 0 Å². The molecule has 0 aliphatic heterocycles. The number of carbonyl (C=O) groups is 1. The molecule has 1 heterocycles. The van der Waals surface area contributed by atoms with E-state index in [1.54, 1.807) is 36.4 Å². The maximum atomic E-state index is 12.1. The molecule has 0 aliphatic rings. The van der Waals surface area contributed by atoms with Crippen LogP contribution < -0.4 is 5.43 Å². The van der Waals surface area contributed by atoms with E-state index in [4.69, 9.17) is 4.42 Å². The van der Waals surface area contributed by atoms with Gasteiger partial charge in [-0.15, -0.1) is 0 Å². The molecule has 7 nitrogen and oxygen atoms in total. The monoisotopic (exact) mass is 349 g/mol. The summed E-state index contributed by atoms with van der Waals surface area (Å²) in [7, 11) is 0. The first-order valence-electron chi connectivity index (χ1n) is 7.78. The first-order chi connectivity index (χ1) is 12.5. The number of carbonyl (C=O) groups excluding carboxylic acids is 1. The molecule has 1 N–H and O–H groups in total. The molecule has 0 aliphatic carbocycles. The number of nitro groups is 1. The smallest absolute Gasteiger partial charge is 0.271 e. The van der Waals surface area contributed by atoms with Gasteiger partial charge in [0.1, 0.15) is 11.5 Å². The second-order valence-corrected chi connectivity index (χ2v) is 5.52. The van der Waals surface area contributed by atoms with Crippen LogP contribution >= 0.6 is 0 Å². The second kappa shape index (κ2) is 7.43. The van der Waals surface area contributed by atoms with Gasteiger partial charge in [-0.3, -0.25) is 14.9 Å². The van der Waals surface area contributed by atoms with Crippen molar-refractivity contribution in [3.8, 4) is 11.3 Å². The fourth-order valence-corrected chi connectivity index (χ4v) is 2.39. The molecule has 1 amide bonds. The van der Waals surface area contributed by atoms with Crippen LogP contribution in [-0.4, -0.2) is 17.0 Å². The molecule has 0 atom stereocenters. The normalized spacial score (nSPS) is 10.8. The van der Waals surface area contributed by atoms with E-state index in [0.29, 0.717) is 22.6 Å². The van der Waals surface area contributed by atoms with Crippen molar-refractivity contribution in [1.82, 2.24) is 5.43 Å². The quantitative estimate of drug-likeness (QED) is 0.429. The summed E-state index contributed by atoms with van der Waals surface area (Å²) in [5, 5.41) is 14.7. The second-order valence-electron chi connectivity index (χ2n) is 5.52. The predicted octanol–water partition coefficient (Wildman–Crippen LogP) is 3.93. The molecular weight excluding hydrogens is 334 g/mol. The third kappa shape index (κ3) is 3.84. The van der Waals surface area contributed by atoms with Crippen molar-refractivity contribution >= 4 is 17.8 Å². The van der Waals surface area contributed by atoms with Gasteiger partial charge in [0.2, 0.25) is 0 Å². The van der Waals surface area contributed by atoms with Gasteiger partial charge in [0.25, 0.3) is 11.6 Å².